The maximum Gasteiger partial charge on any atom is 0.329 e. The average molecular weight is 246 g/mol. The van der Waals surface area contributed by atoms with Gasteiger partial charge in [-0.05, 0) is 20.3 Å². The molecule has 0 saturated carbocycles. The Bertz CT molecular complexity index is 279. The molecular formula is C11H22N2O4. The van der Waals surface area contributed by atoms with Crippen LogP contribution in [0.5, 0.6) is 0 Å². The van der Waals surface area contributed by atoms with E-state index in [2.05, 4.69) is 0 Å². The van der Waals surface area contributed by atoms with Gasteiger partial charge in [0.25, 0.3) is 0 Å². The van der Waals surface area contributed by atoms with Crippen LogP contribution in [-0.4, -0.2) is 66.8 Å². The van der Waals surface area contributed by atoms with Gasteiger partial charge in [0.1, 0.15) is 5.54 Å². The number of ether oxygens (including phenoxy) is 1. The summed E-state index contributed by atoms with van der Waals surface area (Å²) in [5.74, 6) is -1.03. The molecule has 2 amide bonds. The summed E-state index contributed by atoms with van der Waals surface area (Å²) in [5.41, 5.74) is -1.22. The molecular weight excluding hydrogens is 224 g/mol. The Labute approximate surface area is 102 Å². The van der Waals surface area contributed by atoms with Gasteiger partial charge in [-0.15, -0.1) is 0 Å². The van der Waals surface area contributed by atoms with E-state index in [9.17, 15) is 9.59 Å². The van der Waals surface area contributed by atoms with E-state index in [0.717, 1.165) is 6.42 Å². The second-order valence-electron chi connectivity index (χ2n) is 4.47. The molecule has 17 heavy (non-hydrogen) atoms. The monoisotopic (exact) mass is 246 g/mol. The van der Waals surface area contributed by atoms with Gasteiger partial charge in [0.05, 0.1) is 0 Å². The first-order valence-electron chi connectivity index (χ1n) is 5.46. The molecule has 0 saturated heterocycles. The lowest BCUT2D eigenvalue weighted by atomic mass is 10.0. The molecule has 0 rings (SSSR count). The highest BCUT2D eigenvalue weighted by molar-refractivity contribution is 5.85. The van der Waals surface area contributed by atoms with Gasteiger partial charge in [0.2, 0.25) is 0 Å². The number of carboxylic acids is 1. The number of urea groups is 1. The summed E-state index contributed by atoms with van der Waals surface area (Å²) in [6, 6.07) is -0.312. The van der Waals surface area contributed by atoms with Gasteiger partial charge in [-0.2, -0.15) is 0 Å². The van der Waals surface area contributed by atoms with E-state index < -0.39 is 11.5 Å². The highest BCUT2D eigenvalue weighted by atomic mass is 16.5. The summed E-state index contributed by atoms with van der Waals surface area (Å²) in [6.45, 7) is 4.10. The molecule has 0 bridgehead atoms. The molecule has 6 nitrogen and oxygen atoms in total. The third kappa shape index (κ3) is 4.22. The number of nitrogens with zero attached hydrogens (tertiary/aromatic N) is 2. The molecule has 0 radical (unpaired) electrons. The molecule has 0 aliphatic rings. The van der Waals surface area contributed by atoms with Crippen LogP contribution in [0, 0.1) is 0 Å². The number of likely N-dealkylation sites (N-methyl/N-ethyl adjacent to an activating group) is 1. The van der Waals surface area contributed by atoms with E-state index >= 15 is 0 Å². The summed E-state index contributed by atoms with van der Waals surface area (Å²) < 4.78 is 4.89. The van der Waals surface area contributed by atoms with Crippen molar-refractivity contribution in [3.63, 3.8) is 0 Å². The van der Waals surface area contributed by atoms with Gasteiger partial charge in [0.15, 0.2) is 0 Å². The minimum Gasteiger partial charge on any atom is -0.480 e. The molecule has 0 aliphatic heterocycles. The fraction of sp³-hybridized carbons (Fsp3) is 0.818. The zero-order valence-corrected chi connectivity index (χ0v) is 11.2. The Hall–Kier alpha value is -1.30. The normalized spacial score (nSPS) is 11.1. The third-order valence-electron chi connectivity index (χ3n) is 2.82. The Kier molecular flexibility index (Phi) is 5.95. The minimum absolute atomic E-state index is 0.312. The minimum atomic E-state index is -1.22. The highest BCUT2D eigenvalue weighted by Gasteiger charge is 2.36. The van der Waals surface area contributed by atoms with E-state index in [1.807, 2.05) is 0 Å². The first kappa shape index (κ1) is 15.7. The topological polar surface area (TPSA) is 70.1 Å². The van der Waals surface area contributed by atoms with Crippen LogP contribution in [0.4, 0.5) is 4.79 Å². The molecule has 0 fully saturated rings. The SMILES string of the molecule is COCCCN(C)C(=O)N(C)C(C)(C)C(=O)O. The average Bonchev–Trinajstić information content (AvgIpc) is 2.26. The highest BCUT2D eigenvalue weighted by Crippen LogP contribution is 2.14. The second kappa shape index (κ2) is 6.44. The number of rotatable bonds is 6. The van der Waals surface area contributed by atoms with Crippen molar-refractivity contribution >= 4 is 12.0 Å². The zero-order chi connectivity index (χ0) is 13.6. The number of hydrogen-bond donors (Lipinski definition) is 1. The van der Waals surface area contributed by atoms with Gasteiger partial charge >= 0.3 is 12.0 Å². The van der Waals surface area contributed by atoms with Gasteiger partial charge in [-0.3, -0.25) is 0 Å². The summed E-state index contributed by atoms with van der Waals surface area (Å²) in [7, 11) is 4.73. The van der Waals surface area contributed by atoms with Gasteiger partial charge in [-0.1, -0.05) is 0 Å². The van der Waals surface area contributed by atoms with E-state index in [-0.39, 0.29) is 6.03 Å². The van der Waals surface area contributed by atoms with Crippen molar-refractivity contribution in [3.8, 4) is 0 Å². The summed E-state index contributed by atoms with van der Waals surface area (Å²) in [4.78, 5) is 25.7. The van der Waals surface area contributed by atoms with Crippen LogP contribution in [-0.2, 0) is 9.53 Å². The lowest BCUT2D eigenvalue weighted by Crippen LogP contribution is -2.54. The molecule has 0 aromatic heterocycles. The molecule has 100 valence electrons. The molecule has 0 aromatic rings. The lowest BCUT2D eigenvalue weighted by Gasteiger charge is -2.34. The summed E-state index contributed by atoms with van der Waals surface area (Å²) >= 11 is 0. The number of amides is 2. The quantitative estimate of drug-likeness (QED) is 0.706. The van der Waals surface area contributed by atoms with Crippen LogP contribution in [0.25, 0.3) is 0 Å². The predicted molar refractivity (Wildman–Crippen MR) is 64.0 cm³/mol. The van der Waals surface area contributed by atoms with Crippen LogP contribution in [0.2, 0.25) is 0 Å². The van der Waals surface area contributed by atoms with E-state index in [4.69, 9.17) is 9.84 Å². The molecule has 0 unspecified atom stereocenters. The van der Waals surface area contributed by atoms with Crippen molar-refractivity contribution in [3.05, 3.63) is 0 Å². The van der Waals surface area contributed by atoms with Crippen molar-refractivity contribution in [2.24, 2.45) is 0 Å². The zero-order valence-electron chi connectivity index (χ0n) is 11.2. The summed E-state index contributed by atoms with van der Waals surface area (Å²) in [6.07, 6.45) is 0.722. The first-order valence-corrected chi connectivity index (χ1v) is 5.46. The molecule has 0 heterocycles. The molecule has 0 aromatic carbocycles. The van der Waals surface area contributed by atoms with Gasteiger partial charge in [0, 0.05) is 34.4 Å². The van der Waals surface area contributed by atoms with E-state index in [0.29, 0.717) is 13.2 Å². The maximum atomic E-state index is 11.9. The summed E-state index contributed by atoms with van der Waals surface area (Å²) in [5, 5.41) is 9.02. The number of hydrogen-bond acceptors (Lipinski definition) is 3. The van der Waals surface area contributed by atoms with Crippen molar-refractivity contribution in [1.82, 2.24) is 9.80 Å². The third-order valence-corrected chi connectivity index (χ3v) is 2.82. The van der Waals surface area contributed by atoms with E-state index in [1.54, 1.807) is 14.2 Å². The number of carbonyl (C=O) groups is 2. The van der Waals surface area contributed by atoms with Crippen molar-refractivity contribution in [2.45, 2.75) is 25.8 Å². The van der Waals surface area contributed by atoms with Crippen LogP contribution in [0.3, 0.4) is 0 Å². The van der Waals surface area contributed by atoms with Crippen molar-refractivity contribution < 1.29 is 19.4 Å². The number of carbonyl (C=O) groups excluding carboxylic acids is 1. The van der Waals surface area contributed by atoms with Crippen molar-refractivity contribution in [1.29, 1.82) is 0 Å². The fourth-order valence-electron chi connectivity index (χ4n) is 1.18. The Morgan fingerprint density at radius 2 is 1.82 bits per heavy atom. The molecule has 0 aliphatic carbocycles. The number of aliphatic carboxylic acids is 1. The number of carboxylic acid groups (broad SMARTS) is 1. The predicted octanol–water partition coefficient (Wildman–Crippen LogP) is 0.870. The Balaban J connectivity index is 4.44. The largest absolute Gasteiger partial charge is 0.480 e. The first-order chi connectivity index (χ1) is 7.75. The lowest BCUT2D eigenvalue weighted by molar-refractivity contribution is -0.147. The second-order valence-corrected chi connectivity index (χ2v) is 4.47. The maximum absolute atomic E-state index is 11.9. The van der Waals surface area contributed by atoms with Crippen LogP contribution < -0.4 is 0 Å². The van der Waals surface area contributed by atoms with Crippen molar-refractivity contribution in [2.75, 3.05) is 34.4 Å². The Morgan fingerprint density at radius 3 is 2.24 bits per heavy atom. The smallest absolute Gasteiger partial charge is 0.329 e. The van der Waals surface area contributed by atoms with Gasteiger partial charge in [-0.25, -0.2) is 9.59 Å². The van der Waals surface area contributed by atoms with Crippen LogP contribution in [0.1, 0.15) is 20.3 Å². The Morgan fingerprint density at radius 1 is 1.29 bits per heavy atom. The molecule has 1 N–H and O–H groups in total. The van der Waals surface area contributed by atoms with E-state index in [1.165, 1.54) is 30.7 Å². The fourth-order valence-corrected chi connectivity index (χ4v) is 1.18. The van der Waals surface area contributed by atoms with Crippen LogP contribution >= 0.6 is 0 Å². The van der Waals surface area contributed by atoms with Crippen LogP contribution in [0.15, 0.2) is 0 Å². The molecule has 0 spiro atoms. The molecule has 6 heteroatoms. The van der Waals surface area contributed by atoms with Gasteiger partial charge < -0.3 is 19.6 Å². The standard InChI is InChI=1S/C11H22N2O4/c1-11(2,9(14)15)13(4)10(16)12(3)7-6-8-17-5/h6-8H2,1-5H3,(H,14,15). The number of methoxy groups -OCH3 is 1. The molecule has 0 atom stereocenters.